The third-order valence-corrected chi connectivity index (χ3v) is 1.82. The molecule has 0 saturated carbocycles. The summed E-state index contributed by atoms with van der Waals surface area (Å²) in [6.45, 7) is 0.0712. The minimum Gasteiger partial charge on any atom is -0.478 e. The summed E-state index contributed by atoms with van der Waals surface area (Å²) >= 11 is 0. The molecule has 1 rings (SSSR count). The Bertz CT molecular complexity index is 355. The number of carboxylic acid groups (broad SMARTS) is 2. The highest BCUT2D eigenvalue weighted by atomic mass is 16.7. The van der Waals surface area contributed by atoms with Crippen LogP contribution in [-0.2, 0) is 11.2 Å². The fourth-order valence-corrected chi connectivity index (χ4v) is 1.07. The van der Waals surface area contributed by atoms with E-state index in [0.29, 0.717) is 6.42 Å². The second-order valence-corrected chi connectivity index (χ2v) is 2.87. The highest BCUT2D eigenvalue weighted by molar-refractivity contribution is 5.87. The average Bonchev–Trinajstić information content (AvgIpc) is 2.18. The smallest absolute Gasteiger partial charge is 0.478 e. The van der Waals surface area contributed by atoms with Gasteiger partial charge in [-0.1, -0.05) is 12.1 Å². The fourth-order valence-electron chi connectivity index (χ4n) is 1.07. The molecular weight excluding hydrogens is 200 g/mol. The maximum atomic E-state index is 10.5. The molecule has 1 aromatic carbocycles. The van der Waals surface area contributed by atoms with Crippen LogP contribution in [0.15, 0.2) is 24.3 Å². The Hall–Kier alpha value is -2.04. The molecule has 0 aromatic heterocycles. The third-order valence-electron chi connectivity index (χ3n) is 1.82. The van der Waals surface area contributed by atoms with Crippen molar-refractivity contribution in [2.24, 2.45) is 0 Å². The van der Waals surface area contributed by atoms with Gasteiger partial charge in [0.1, 0.15) is 0 Å². The van der Waals surface area contributed by atoms with Gasteiger partial charge in [0.2, 0.25) is 0 Å². The Morgan fingerprint density at radius 3 is 2.20 bits per heavy atom. The summed E-state index contributed by atoms with van der Waals surface area (Å²) in [7, 11) is 0. The lowest BCUT2D eigenvalue weighted by Gasteiger charge is -2.01. The normalized spacial score (nSPS) is 9.60. The van der Waals surface area contributed by atoms with E-state index in [1.165, 1.54) is 12.1 Å². The molecule has 0 saturated heterocycles. The molecule has 0 atom stereocenters. The van der Waals surface area contributed by atoms with E-state index in [2.05, 4.69) is 4.74 Å². The van der Waals surface area contributed by atoms with Crippen molar-refractivity contribution >= 4 is 12.1 Å². The van der Waals surface area contributed by atoms with Gasteiger partial charge in [-0.2, -0.15) is 0 Å². The van der Waals surface area contributed by atoms with Gasteiger partial charge in [-0.05, 0) is 17.7 Å². The van der Waals surface area contributed by atoms with Gasteiger partial charge in [0.25, 0.3) is 0 Å². The monoisotopic (exact) mass is 210 g/mol. The molecule has 5 nitrogen and oxygen atoms in total. The summed E-state index contributed by atoms with van der Waals surface area (Å²) in [6, 6.07) is 6.21. The van der Waals surface area contributed by atoms with Crippen LogP contribution in [0.5, 0.6) is 0 Å². The van der Waals surface area contributed by atoms with Crippen LogP contribution in [-0.4, -0.2) is 28.9 Å². The Kier molecular flexibility index (Phi) is 3.68. The van der Waals surface area contributed by atoms with Gasteiger partial charge in [0.15, 0.2) is 0 Å². The Labute approximate surface area is 85.9 Å². The fraction of sp³-hybridized carbons (Fsp3) is 0.200. The van der Waals surface area contributed by atoms with Crippen LogP contribution < -0.4 is 0 Å². The Balaban J connectivity index is 2.50. The largest absolute Gasteiger partial charge is 0.505 e. The third kappa shape index (κ3) is 3.68. The van der Waals surface area contributed by atoms with Crippen LogP contribution in [0.25, 0.3) is 0 Å². The SMILES string of the molecule is O=C(O)OCCc1ccc(C(=O)O)cc1. The van der Waals surface area contributed by atoms with Crippen LogP contribution in [0.1, 0.15) is 15.9 Å². The first kappa shape index (κ1) is 11.0. The number of benzene rings is 1. The van der Waals surface area contributed by atoms with Crippen molar-refractivity contribution in [3.05, 3.63) is 35.4 Å². The highest BCUT2D eigenvalue weighted by Crippen LogP contribution is 2.05. The summed E-state index contributed by atoms with van der Waals surface area (Å²) in [4.78, 5) is 20.5. The van der Waals surface area contributed by atoms with Crippen molar-refractivity contribution < 1.29 is 24.5 Å². The first-order valence-corrected chi connectivity index (χ1v) is 4.27. The molecule has 2 N–H and O–H groups in total. The van der Waals surface area contributed by atoms with E-state index in [1.807, 2.05) is 0 Å². The lowest BCUT2D eigenvalue weighted by molar-refractivity contribution is 0.0696. The maximum absolute atomic E-state index is 10.5. The molecule has 5 heteroatoms. The van der Waals surface area contributed by atoms with Gasteiger partial charge in [-0.25, -0.2) is 9.59 Å². The van der Waals surface area contributed by atoms with Crippen molar-refractivity contribution in [2.45, 2.75) is 6.42 Å². The number of aromatic carboxylic acids is 1. The van der Waals surface area contributed by atoms with Crippen LogP contribution >= 0.6 is 0 Å². The van der Waals surface area contributed by atoms with E-state index in [4.69, 9.17) is 10.2 Å². The van der Waals surface area contributed by atoms with E-state index < -0.39 is 12.1 Å². The lowest BCUT2D eigenvalue weighted by Crippen LogP contribution is -2.04. The maximum Gasteiger partial charge on any atom is 0.505 e. The van der Waals surface area contributed by atoms with Gasteiger partial charge in [-0.15, -0.1) is 0 Å². The molecule has 0 amide bonds. The molecule has 15 heavy (non-hydrogen) atoms. The van der Waals surface area contributed by atoms with Gasteiger partial charge >= 0.3 is 12.1 Å². The average molecular weight is 210 g/mol. The van der Waals surface area contributed by atoms with Crippen molar-refractivity contribution in [3.8, 4) is 0 Å². The Morgan fingerprint density at radius 1 is 1.13 bits per heavy atom. The molecule has 0 bridgehead atoms. The number of carboxylic acids is 1. The second-order valence-electron chi connectivity index (χ2n) is 2.87. The Morgan fingerprint density at radius 2 is 1.73 bits per heavy atom. The van der Waals surface area contributed by atoms with Crippen molar-refractivity contribution in [1.29, 1.82) is 0 Å². The minimum absolute atomic E-state index is 0.0712. The van der Waals surface area contributed by atoms with Gasteiger partial charge in [-0.3, -0.25) is 0 Å². The van der Waals surface area contributed by atoms with Crippen LogP contribution in [0.3, 0.4) is 0 Å². The van der Waals surface area contributed by atoms with E-state index in [1.54, 1.807) is 12.1 Å². The predicted octanol–water partition coefficient (Wildman–Crippen LogP) is 1.62. The quantitative estimate of drug-likeness (QED) is 0.737. The molecule has 0 heterocycles. The summed E-state index contributed by atoms with van der Waals surface area (Å²) in [5.41, 5.74) is 1.04. The molecule has 0 radical (unpaired) electrons. The van der Waals surface area contributed by atoms with Gasteiger partial charge < -0.3 is 14.9 Å². The molecular formula is C10H10O5. The zero-order valence-corrected chi connectivity index (χ0v) is 7.84. The van der Waals surface area contributed by atoms with Gasteiger partial charge in [0.05, 0.1) is 12.2 Å². The molecule has 0 spiro atoms. The first-order chi connectivity index (χ1) is 7.09. The summed E-state index contributed by atoms with van der Waals surface area (Å²) < 4.78 is 4.32. The summed E-state index contributed by atoms with van der Waals surface area (Å²) in [6.07, 6.45) is -0.871. The second kappa shape index (κ2) is 4.99. The van der Waals surface area contributed by atoms with E-state index in [0.717, 1.165) is 5.56 Å². The lowest BCUT2D eigenvalue weighted by atomic mass is 10.1. The van der Waals surface area contributed by atoms with E-state index in [9.17, 15) is 9.59 Å². The van der Waals surface area contributed by atoms with E-state index >= 15 is 0 Å². The summed E-state index contributed by atoms with van der Waals surface area (Å²) in [5.74, 6) is -0.983. The van der Waals surface area contributed by atoms with Crippen molar-refractivity contribution in [1.82, 2.24) is 0 Å². The molecule has 0 unspecified atom stereocenters. The number of carbonyl (C=O) groups is 2. The van der Waals surface area contributed by atoms with Crippen LogP contribution in [0, 0.1) is 0 Å². The number of rotatable bonds is 4. The molecule has 1 aromatic rings. The predicted molar refractivity (Wildman–Crippen MR) is 51.1 cm³/mol. The molecule has 0 fully saturated rings. The van der Waals surface area contributed by atoms with Crippen LogP contribution in [0.2, 0.25) is 0 Å². The number of ether oxygens (including phenoxy) is 1. The zero-order chi connectivity index (χ0) is 11.3. The van der Waals surface area contributed by atoms with Crippen molar-refractivity contribution in [3.63, 3.8) is 0 Å². The first-order valence-electron chi connectivity index (χ1n) is 4.27. The molecule has 0 aliphatic rings. The summed E-state index contributed by atoms with van der Waals surface area (Å²) in [5, 5.41) is 16.8. The molecule has 80 valence electrons. The molecule has 0 aliphatic heterocycles. The van der Waals surface area contributed by atoms with Crippen LogP contribution in [0.4, 0.5) is 4.79 Å². The van der Waals surface area contributed by atoms with E-state index in [-0.39, 0.29) is 12.2 Å². The number of hydrogen-bond acceptors (Lipinski definition) is 3. The minimum atomic E-state index is -1.31. The van der Waals surface area contributed by atoms with Gasteiger partial charge in [0, 0.05) is 6.42 Å². The number of hydrogen-bond donors (Lipinski definition) is 2. The van der Waals surface area contributed by atoms with Crippen molar-refractivity contribution in [2.75, 3.05) is 6.61 Å². The highest BCUT2D eigenvalue weighted by Gasteiger charge is 2.02. The standard InChI is InChI=1S/C10H10O5/c11-9(12)8-3-1-7(2-4-8)5-6-15-10(13)14/h1-4H,5-6H2,(H,11,12)(H,13,14). The molecule has 0 aliphatic carbocycles. The zero-order valence-electron chi connectivity index (χ0n) is 7.84. The topological polar surface area (TPSA) is 83.8 Å².